The number of ether oxygens (including phenoxy) is 4. The number of hydrogen-bond donors (Lipinski definition) is 0. The zero-order chi connectivity index (χ0) is 20.2. The third-order valence-corrected chi connectivity index (χ3v) is 3.81. The van der Waals surface area contributed by atoms with E-state index in [2.05, 4.69) is 0 Å². The molecule has 5 nitrogen and oxygen atoms in total. The molecule has 2 aromatic carbocycles. The summed E-state index contributed by atoms with van der Waals surface area (Å²) in [6, 6.07) is 7.09. The summed E-state index contributed by atoms with van der Waals surface area (Å²) in [6.45, 7) is 1.50. The summed E-state index contributed by atoms with van der Waals surface area (Å²) in [7, 11) is 4.29. The first kappa shape index (κ1) is 20.4. The molecule has 0 bridgehead atoms. The topological polar surface area (TPSA) is 54.0 Å². The standard InChI is InChI=1S/C19H19F3O5/c1-11(27-14-7-5-13(6-8-14)19(20,21)22)17(23)12-9-15(24-2)18(26-4)16(10-12)25-3/h5-11H,1-4H3. The van der Waals surface area contributed by atoms with Gasteiger partial charge in [-0.25, -0.2) is 0 Å². The van der Waals surface area contributed by atoms with Crippen LogP contribution in [0.1, 0.15) is 22.8 Å². The summed E-state index contributed by atoms with van der Waals surface area (Å²) < 4.78 is 58.9. The average molecular weight is 384 g/mol. The Morgan fingerprint density at radius 2 is 1.44 bits per heavy atom. The van der Waals surface area contributed by atoms with Gasteiger partial charge in [-0.1, -0.05) is 0 Å². The lowest BCUT2D eigenvalue weighted by Gasteiger charge is -2.17. The third kappa shape index (κ3) is 4.64. The minimum Gasteiger partial charge on any atom is -0.493 e. The molecule has 0 N–H and O–H groups in total. The molecule has 0 heterocycles. The van der Waals surface area contributed by atoms with Crippen LogP contribution < -0.4 is 18.9 Å². The van der Waals surface area contributed by atoms with Crippen LogP contribution in [0.15, 0.2) is 36.4 Å². The normalized spacial score (nSPS) is 12.3. The van der Waals surface area contributed by atoms with Crippen LogP contribution in [0, 0.1) is 0 Å². The lowest BCUT2D eigenvalue weighted by molar-refractivity contribution is -0.137. The number of carbonyl (C=O) groups excluding carboxylic acids is 1. The van der Waals surface area contributed by atoms with Crippen LogP contribution in [0.5, 0.6) is 23.0 Å². The average Bonchev–Trinajstić information content (AvgIpc) is 2.65. The Balaban J connectivity index is 2.22. The number of carbonyl (C=O) groups is 1. The molecule has 1 unspecified atom stereocenters. The number of Topliss-reactive ketones (excluding diaryl/α,β-unsaturated/α-hetero) is 1. The molecule has 0 radical (unpaired) electrons. The van der Waals surface area contributed by atoms with E-state index in [0.29, 0.717) is 17.2 Å². The number of alkyl halides is 3. The predicted molar refractivity (Wildman–Crippen MR) is 92.0 cm³/mol. The van der Waals surface area contributed by atoms with Gasteiger partial charge in [-0.15, -0.1) is 0 Å². The van der Waals surface area contributed by atoms with Gasteiger partial charge in [-0.05, 0) is 43.3 Å². The van der Waals surface area contributed by atoms with Crippen LogP contribution >= 0.6 is 0 Å². The Hall–Kier alpha value is -2.90. The molecule has 0 saturated heterocycles. The predicted octanol–water partition coefficient (Wildman–Crippen LogP) is 4.38. The van der Waals surface area contributed by atoms with Crippen molar-refractivity contribution in [2.75, 3.05) is 21.3 Å². The van der Waals surface area contributed by atoms with Crippen molar-refractivity contribution in [1.29, 1.82) is 0 Å². The van der Waals surface area contributed by atoms with Crippen LogP contribution in [0.4, 0.5) is 13.2 Å². The Kier molecular flexibility index (Phi) is 6.20. The molecule has 0 saturated carbocycles. The second-order valence-electron chi connectivity index (χ2n) is 5.56. The molecule has 0 amide bonds. The zero-order valence-electron chi connectivity index (χ0n) is 15.2. The maximum absolute atomic E-state index is 12.7. The molecule has 0 aliphatic rings. The highest BCUT2D eigenvalue weighted by atomic mass is 19.4. The van der Waals surface area contributed by atoms with E-state index in [9.17, 15) is 18.0 Å². The SMILES string of the molecule is COc1cc(C(=O)C(C)Oc2ccc(C(F)(F)F)cc2)cc(OC)c1OC. The fourth-order valence-electron chi connectivity index (χ4n) is 2.44. The molecule has 0 fully saturated rings. The monoisotopic (exact) mass is 384 g/mol. The molecule has 8 heteroatoms. The number of methoxy groups -OCH3 is 3. The maximum Gasteiger partial charge on any atom is 0.416 e. The van der Waals surface area contributed by atoms with Gasteiger partial charge in [0.15, 0.2) is 17.6 Å². The fourth-order valence-corrected chi connectivity index (χ4v) is 2.44. The van der Waals surface area contributed by atoms with E-state index in [-0.39, 0.29) is 11.3 Å². The zero-order valence-corrected chi connectivity index (χ0v) is 15.2. The largest absolute Gasteiger partial charge is 0.493 e. The molecule has 27 heavy (non-hydrogen) atoms. The Labute approximate surface area is 154 Å². The number of hydrogen-bond acceptors (Lipinski definition) is 5. The van der Waals surface area contributed by atoms with Gasteiger partial charge in [-0.2, -0.15) is 13.2 Å². The van der Waals surface area contributed by atoms with Crippen LogP contribution in [0.2, 0.25) is 0 Å². The van der Waals surface area contributed by atoms with E-state index in [1.54, 1.807) is 0 Å². The minimum atomic E-state index is -4.43. The van der Waals surface area contributed by atoms with Gasteiger partial charge in [0.05, 0.1) is 26.9 Å². The van der Waals surface area contributed by atoms with Gasteiger partial charge in [0.1, 0.15) is 5.75 Å². The first-order chi connectivity index (χ1) is 12.7. The van der Waals surface area contributed by atoms with Gasteiger partial charge >= 0.3 is 6.18 Å². The van der Waals surface area contributed by atoms with E-state index in [1.807, 2.05) is 0 Å². The molecule has 2 aromatic rings. The lowest BCUT2D eigenvalue weighted by Crippen LogP contribution is -2.24. The molecule has 146 valence electrons. The second kappa shape index (κ2) is 8.20. The third-order valence-electron chi connectivity index (χ3n) is 3.81. The molecule has 0 aliphatic heterocycles. The quantitative estimate of drug-likeness (QED) is 0.663. The summed E-state index contributed by atoms with van der Waals surface area (Å²) in [6.07, 6.45) is -5.37. The van der Waals surface area contributed by atoms with Crippen molar-refractivity contribution < 1.29 is 36.9 Å². The molecule has 2 rings (SSSR count). The molecule has 0 aromatic heterocycles. The van der Waals surface area contributed by atoms with Crippen molar-refractivity contribution in [2.24, 2.45) is 0 Å². The first-order valence-electron chi connectivity index (χ1n) is 7.89. The molecular formula is C19H19F3O5. The summed E-state index contributed by atoms with van der Waals surface area (Å²) in [5.74, 6) is 0.710. The highest BCUT2D eigenvalue weighted by molar-refractivity contribution is 6.00. The molecule has 0 spiro atoms. The number of halogens is 3. The summed E-state index contributed by atoms with van der Waals surface area (Å²) in [5, 5.41) is 0. The van der Waals surface area contributed by atoms with Gasteiger partial charge in [0.25, 0.3) is 0 Å². The van der Waals surface area contributed by atoms with Crippen molar-refractivity contribution in [2.45, 2.75) is 19.2 Å². The Morgan fingerprint density at radius 1 is 0.926 bits per heavy atom. The lowest BCUT2D eigenvalue weighted by atomic mass is 10.1. The van der Waals surface area contributed by atoms with Crippen molar-refractivity contribution in [3.8, 4) is 23.0 Å². The molecule has 1 atom stereocenters. The number of benzene rings is 2. The smallest absolute Gasteiger partial charge is 0.416 e. The summed E-state index contributed by atoms with van der Waals surface area (Å²) >= 11 is 0. The Morgan fingerprint density at radius 3 is 1.85 bits per heavy atom. The molecular weight excluding hydrogens is 365 g/mol. The van der Waals surface area contributed by atoms with Gasteiger partial charge in [0.2, 0.25) is 11.5 Å². The minimum absolute atomic E-state index is 0.149. The summed E-state index contributed by atoms with van der Waals surface area (Å²) in [5.41, 5.74) is -0.539. The highest BCUT2D eigenvalue weighted by Crippen LogP contribution is 2.38. The van der Waals surface area contributed by atoms with Crippen LogP contribution in [0.3, 0.4) is 0 Å². The maximum atomic E-state index is 12.7. The summed E-state index contributed by atoms with van der Waals surface area (Å²) in [4.78, 5) is 12.7. The van der Waals surface area contributed by atoms with E-state index in [0.717, 1.165) is 12.1 Å². The fraction of sp³-hybridized carbons (Fsp3) is 0.316. The van der Waals surface area contributed by atoms with E-state index < -0.39 is 23.6 Å². The van der Waals surface area contributed by atoms with Crippen molar-refractivity contribution >= 4 is 5.78 Å². The van der Waals surface area contributed by atoms with E-state index >= 15 is 0 Å². The van der Waals surface area contributed by atoms with Crippen LogP contribution in [-0.2, 0) is 6.18 Å². The second-order valence-corrected chi connectivity index (χ2v) is 5.56. The van der Waals surface area contributed by atoms with Crippen molar-refractivity contribution in [3.63, 3.8) is 0 Å². The number of ketones is 1. The van der Waals surface area contributed by atoms with Gasteiger partial charge < -0.3 is 18.9 Å². The van der Waals surface area contributed by atoms with Crippen LogP contribution in [0.25, 0.3) is 0 Å². The molecule has 0 aliphatic carbocycles. The van der Waals surface area contributed by atoms with Crippen LogP contribution in [-0.4, -0.2) is 33.2 Å². The van der Waals surface area contributed by atoms with Gasteiger partial charge in [0, 0.05) is 5.56 Å². The Bertz CT molecular complexity index is 775. The van der Waals surface area contributed by atoms with E-state index in [4.69, 9.17) is 18.9 Å². The number of rotatable bonds is 7. The highest BCUT2D eigenvalue weighted by Gasteiger charge is 2.30. The van der Waals surface area contributed by atoms with Gasteiger partial charge in [-0.3, -0.25) is 4.79 Å². The van der Waals surface area contributed by atoms with E-state index in [1.165, 1.54) is 52.5 Å². The first-order valence-corrected chi connectivity index (χ1v) is 7.89. The van der Waals surface area contributed by atoms with Crippen molar-refractivity contribution in [3.05, 3.63) is 47.5 Å². The van der Waals surface area contributed by atoms with Crippen molar-refractivity contribution in [1.82, 2.24) is 0 Å².